The van der Waals surface area contributed by atoms with E-state index in [1.807, 2.05) is 5.32 Å². The van der Waals surface area contributed by atoms with Crippen molar-refractivity contribution < 1.29 is 45.6 Å². The number of rotatable bonds is 8. The van der Waals surface area contributed by atoms with Crippen molar-refractivity contribution in [2.24, 2.45) is 11.1 Å². The lowest BCUT2D eigenvalue weighted by atomic mass is 9.83. The molecule has 0 aliphatic carbocycles. The maximum absolute atomic E-state index is 14.5. The Morgan fingerprint density at radius 2 is 1.52 bits per heavy atom. The molecule has 0 saturated heterocycles. The fraction of sp³-hybridized carbons (Fsp3) is 0.200. The highest BCUT2D eigenvalue weighted by molar-refractivity contribution is 6.35. The monoisotopic (exact) mass is 611 g/mol. The summed E-state index contributed by atoms with van der Waals surface area (Å²) < 4.78 is 95.8. The predicted octanol–water partition coefficient (Wildman–Crippen LogP) is 7.16. The van der Waals surface area contributed by atoms with Crippen LogP contribution in [0.15, 0.2) is 60.3 Å². The third-order valence-corrected chi connectivity index (χ3v) is 6.54. The molecule has 0 bridgehead atoms. The molecule has 0 fully saturated rings. The molecule has 0 saturated carbocycles. The van der Waals surface area contributed by atoms with E-state index >= 15 is 0 Å². The summed E-state index contributed by atoms with van der Waals surface area (Å²) in [6.07, 6.45) is -11.2. The molecule has 1 unspecified atom stereocenters. The number of carbonyl (C=O) groups is 1. The number of halogens is 9. The summed E-state index contributed by atoms with van der Waals surface area (Å²) in [5.74, 6) is 3.04. The van der Waals surface area contributed by atoms with Gasteiger partial charge in [-0.05, 0) is 45.7 Å². The summed E-state index contributed by atoms with van der Waals surface area (Å²) in [4.78, 5) is 17.2. The maximum Gasteiger partial charge on any atom is 0.434 e. The molecule has 0 radical (unpaired) electrons. The van der Waals surface area contributed by atoms with Crippen LogP contribution in [0.2, 0.25) is 10.0 Å². The number of nitrogens with two attached hydrogens (primary N) is 1. The Morgan fingerprint density at radius 1 is 1.00 bits per heavy atom. The zero-order valence-corrected chi connectivity index (χ0v) is 21.4. The van der Waals surface area contributed by atoms with Crippen LogP contribution in [-0.4, -0.2) is 35.7 Å². The number of carbonyl (C=O) groups excluding carboxylic acids is 1. The van der Waals surface area contributed by atoms with Crippen molar-refractivity contribution in [3.05, 3.63) is 87.7 Å². The molecule has 4 N–H and O–H groups in total. The van der Waals surface area contributed by atoms with E-state index in [9.17, 15) is 35.5 Å². The van der Waals surface area contributed by atoms with Crippen LogP contribution in [0.1, 0.15) is 27.9 Å². The number of nitrogens with one attached hydrogen (secondary N) is 1. The molecule has 0 heterocycles. The molecule has 0 aliphatic heterocycles. The molecule has 1 atom stereocenters. The van der Waals surface area contributed by atoms with E-state index in [1.54, 1.807) is 0 Å². The van der Waals surface area contributed by atoms with Gasteiger partial charge in [-0.1, -0.05) is 65.3 Å². The quantitative estimate of drug-likeness (QED) is 0.0828. The summed E-state index contributed by atoms with van der Waals surface area (Å²) in [7, 11) is 0. The molecule has 40 heavy (non-hydrogen) atoms. The first-order valence-corrected chi connectivity index (χ1v) is 11.7. The van der Waals surface area contributed by atoms with Crippen LogP contribution in [0.5, 0.6) is 0 Å². The van der Waals surface area contributed by atoms with Gasteiger partial charge in [0.05, 0.1) is 16.6 Å². The zero-order valence-electron chi connectivity index (χ0n) is 19.9. The van der Waals surface area contributed by atoms with E-state index in [4.69, 9.17) is 34.3 Å². The van der Waals surface area contributed by atoms with Crippen molar-refractivity contribution in [2.45, 2.75) is 24.4 Å². The lowest BCUT2D eigenvalue weighted by Gasteiger charge is -2.35. The van der Waals surface area contributed by atoms with Crippen LogP contribution >= 0.6 is 23.2 Å². The summed E-state index contributed by atoms with van der Waals surface area (Å²) in [5.41, 5.74) is -5.83. The predicted molar refractivity (Wildman–Crippen MR) is 135 cm³/mol. The van der Waals surface area contributed by atoms with E-state index < -0.39 is 64.0 Å². The van der Waals surface area contributed by atoms with Crippen molar-refractivity contribution in [1.29, 1.82) is 0 Å². The largest absolute Gasteiger partial charge is 0.434 e. The molecular formula is C25H18Cl2F7N3O3. The summed E-state index contributed by atoms with van der Waals surface area (Å²) in [6, 6.07) is 9.64. The number of hydrogen-bond donors (Lipinski definition) is 3. The van der Waals surface area contributed by atoms with Gasteiger partial charge in [0.2, 0.25) is 5.60 Å². The second-order valence-electron chi connectivity index (χ2n) is 8.41. The minimum Gasteiger partial charge on any atom is -0.411 e. The van der Waals surface area contributed by atoms with Gasteiger partial charge >= 0.3 is 12.4 Å². The smallest absolute Gasteiger partial charge is 0.411 e. The molecule has 3 aromatic rings. The van der Waals surface area contributed by atoms with Crippen LogP contribution in [-0.2, 0) is 10.4 Å². The van der Waals surface area contributed by atoms with Gasteiger partial charge in [-0.2, -0.15) is 26.3 Å². The van der Waals surface area contributed by atoms with Crippen LogP contribution in [0.3, 0.4) is 0 Å². The Hall–Kier alpha value is -3.39. The Morgan fingerprint density at radius 3 is 2.00 bits per heavy atom. The van der Waals surface area contributed by atoms with Gasteiger partial charge in [0.1, 0.15) is 0 Å². The van der Waals surface area contributed by atoms with Crippen LogP contribution in [0.25, 0.3) is 16.3 Å². The topological polar surface area (TPSA) is 96.9 Å². The number of benzene rings is 3. The first kappa shape index (κ1) is 31.1. The third kappa shape index (κ3) is 6.02. The van der Waals surface area contributed by atoms with Crippen LogP contribution < -0.4 is 11.2 Å². The highest BCUT2D eigenvalue weighted by Gasteiger charge is 2.58. The Labute approximate surface area is 231 Å². The SMILES string of the molecule is C=C(CC(ON)(c1cc(Cl)c(F)c(Cl)c1)C(F)(F)F)c1ccc(C(=O)NC/C(=N\O)C(F)(F)F)c2ccccc12. The van der Waals surface area contributed by atoms with Gasteiger partial charge in [-0.3, -0.25) is 9.63 Å². The van der Waals surface area contributed by atoms with E-state index in [-0.39, 0.29) is 27.5 Å². The molecule has 3 aromatic carbocycles. The molecule has 0 spiro atoms. The average molecular weight is 612 g/mol. The lowest BCUT2D eigenvalue weighted by molar-refractivity contribution is -0.285. The number of hydrogen-bond acceptors (Lipinski definition) is 5. The standard InChI is InChI=1S/C25H18Cl2F7N3O3/c1-12(10-23(40-35,25(32,33)34)13-8-18(26)21(28)19(27)9-13)14-6-7-17(16-5-3-2-4-15(14)16)22(38)36-11-20(37-39)24(29,30)31/h2-9,39H,1,10-11,35H2,(H,36,38)/b37-20+. The molecule has 0 aromatic heterocycles. The fourth-order valence-electron chi connectivity index (χ4n) is 3.98. The van der Waals surface area contributed by atoms with E-state index in [0.717, 1.165) is 0 Å². The minimum atomic E-state index is -5.19. The lowest BCUT2D eigenvalue weighted by Crippen LogP contribution is -2.47. The van der Waals surface area contributed by atoms with Crippen LogP contribution in [0.4, 0.5) is 30.7 Å². The van der Waals surface area contributed by atoms with Gasteiger partial charge in [-0.25, -0.2) is 10.3 Å². The normalized spacial score (nSPS) is 14.2. The first-order valence-electron chi connectivity index (χ1n) is 10.9. The first-order chi connectivity index (χ1) is 18.6. The summed E-state index contributed by atoms with van der Waals surface area (Å²) in [6.45, 7) is 2.59. The van der Waals surface area contributed by atoms with Crippen molar-refractivity contribution in [3.63, 3.8) is 0 Å². The molecule has 6 nitrogen and oxygen atoms in total. The number of nitrogens with zero attached hydrogens (tertiary/aromatic N) is 1. The number of oxime groups is 1. The fourth-order valence-corrected chi connectivity index (χ4v) is 4.47. The third-order valence-electron chi connectivity index (χ3n) is 5.99. The molecule has 3 rings (SSSR count). The minimum absolute atomic E-state index is 0.116. The Bertz CT molecular complexity index is 1470. The van der Waals surface area contributed by atoms with Crippen molar-refractivity contribution in [1.82, 2.24) is 5.32 Å². The molecule has 1 amide bonds. The second-order valence-corrected chi connectivity index (χ2v) is 9.22. The zero-order chi connectivity index (χ0) is 30.0. The van der Waals surface area contributed by atoms with Gasteiger partial charge in [0.25, 0.3) is 5.91 Å². The van der Waals surface area contributed by atoms with E-state index in [2.05, 4.69) is 16.6 Å². The Kier molecular flexibility index (Phi) is 9.04. The Balaban J connectivity index is 2.05. The van der Waals surface area contributed by atoms with Crippen molar-refractivity contribution in [2.75, 3.05) is 6.54 Å². The average Bonchev–Trinajstić information content (AvgIpc) is 2.88. The van der Waals surface area contributed by atoms with Gasteiger partial charge < -0.3 is 10.5 Å². The van der Waals surface area contributed by atoms with Gasteiger partial charge in [0.15, 0.2) is 11.5 Å². The van der Waals surface area contributed by atoms with E-state index in [1.165, 1.54) is 36.4 Å². The molecule has 214 valence electrons. The number of fused-ring (bicyclic) bond motifs is 1. The molecule has 15 heteroatoms. The highest BCUT2D eigenvalue weighted by atomic mass is 35.5. The second kappa shape index (κ2) is 11.6. The molecule has 0 aliphatic rings. The number of amides is 1. The van der Waals surface area contributed by atoms with Gasteiger partial charge in [-0.15, -0.1) is 0 Å². The maximum atomic E-state index is 14.5. The summed E-state index contributed by atoms with van der Waals surface area (Å²) >= 11 is 11.4. The molecular weight excluding hydrogens is 594 g/mol. The van der Waals surface area contributed by atoms with Crippen molar-refractivity contribution in [3.8, 4) is 0 Å². The van der Waals surface area contributed by atoms with E-state index in [0.29, 0.717) is 12.1 Å². The highest BCUT2D eigenvalue weighted by Crippen LogP contribution is 2.49. The van der Waals surface area contributed by atoms with Crippen molar-refractivity contribution >= 4 is 51.2 Å². The van der Waals surface area contributed by atoms with Gasteiger partial charge in [0, 0.05) is 12.0 Å². The van der Waals surface area contributed by atoms with Crippen LogP contribution in [0, 0.1) is 5.82 Å². The summed E-state index contributed by atoms with van der Waals surface area (Å²) in [5, 5.41) is 11.7. The number of alkyl halides is 6.